The van der Waals surface area contributed by atoms with Gasteiger partial charge < -0.3 is 16.0 Å². The summed E-state index contributed by atoms with van der Waals surface area (Å²) in [5.41, 5.74) is 7.96. The van der Waals surface area contributed by atoms with Crippen molar-refractivity contribution in [3.8, 4) is 11.3 Å². The lowest BCUT2D eigenvalue weighted by molar-refractivity contribution is 0.0997. The Balaban J connectivity index is 1.92. The minimum absolute atomic E-state index is 0.282. The maximum absolute atomic E-state index is 12.5. The van der Waals surface area contributed by atoms with Crippen molar-refractivity contribution in [1.82, 2.24) is 9.97 Å². The second-order valence-electron chi connectivity index (χ2n) is 5.31. The number of aromatic amines is 1. The predicted octanol–water partition coefficient (Wildman–Crippen LogP) is 2.74. The molecule has 4 N–H and O–H groups in total. The van der Waals surface area contributed by atoms with Crippen molar-refractivity contribution in [2.45, 2.75) is 6.92 Å². The van der Waals surface area contributed by atoms with Gasteiger partial charge in [0.1, 0.15) is 17.2 Å². The lowest BCUT2D eigenvalue weighted by Crippen LogP contribution is -2.13. The van der Waals surface area contributed by atoms with E-state index in [1.54, 1.807) is 31.2 Å². The zero-order chi connectivity index (χ0) is 17.1. The number of nitrogens with zero attached hydrogens (tertiary/aromatic N) is 1. The van der Waals surface area contributed by atoms with Crippen LogP contribution in [0.15, 0.2) is 54.6 Å². The van der Waals surface area contributed by atoms with Gasteiger partial charge in [-0.1, -0.05) is 30.3 Å². The van der Waals surface area contributed by atoms with Crippen LogP contribution in [0.25, 0.3) is 11.3 Å². The zero-order valence-corrected chi connectivity index (χ0v) is 13.0. The van der Waals surface area contributed by atoms with Crippen LogP contribution >= 0.6 is 0 Å². The van der Waals surface area contributed by atoms with Crippen LogP contribution in [0.4, 0.5) is 5.69 Å². The average Bonchev–Trinajstić information content (AvgIpc) is 2.98. The maximum atomic E-state index is 12.5. The standard InChI is InChI=1S/C18H16N4O2/c1-11-20-15(12-7-9-13(10-8-12)17(19)23)16(21-11)18(24)22-14-5-3-2-4-6-14/h2-10H,1H3,(H2,19,23)(H,20,21)(H,22,24). The van der Waals surface area contributed by atoms with Crippen molar-refractivity contribution in [1.29, 1.82) is 0 Å². The number of hydrogen-bond donors (Lipinski definition) is 3. The van der Waals surface area contributed by atoms with Gasteiger partial charge in [0.25, 0.3) is 5.91 Å². The smallest absolute Gasteiger partial charge is 0.274 e. The highest BCUT2D eigenvalue weighted by molar-refractivity contribution is 6.07. The van der Waals surface area contributed by atoms with Gasteiger partial charge in [-0.15, -0.1) is 0 Å². The molecule has 0 aliphatic rings. The molecule has 0 aliphatic heterocycles. The van der Waals surface area contributed by atoms with E-state index in [4.69, 9.17) is 5.73 Å². The first-order valence-electron chi connectivity index (χ1n) is 7.38. The third-order valence-electron chi connectivity index (χ3n) is 3.52. The van der Waals surface area contributed by atoms with E-state index in [9.17, 15) is 9.59 Å². The third kappa shape index (κ3) is 3.17. The Labute approximate surface area is 138 Å². The maximum Gasteiger partial charge on any atom is 0.274 e. The van der Waals surface area contributed by atoms with Gasteiger partial charge in [0.2, 0.25) is 5.91 Å². The van der Waals surface area contributed by atoms with Crippen molar-refractivity contribution in [3.63, 3.8) is 0 Å². The molecule has 0 atom stereocenters. The van der Waals surface area contributed by atoms with Gasteiger partial charge >= 0.3 is 0 Å². The molecule has 0 saturated heterocycles. The minimum atomic E-state index is -0.498. The summed E-state index contributed by atoms with van der Waals surface area (Å²) in [5.74, 6) is -0.153. The molecule has 0 bridgehead atoms. The third-order valence-corrected chi connectivity index (χ3v) is 3.52. The highest BCUT2D eigenvalue weighted by Crippen LogP contribution is 2.23. The van der Waals surface area contributed by atoms with E-state index in [2.05, 4.69) is 15.3 Å². The van der Waals surface area contributed by atoms with Crippen molar-refractivity contribution >= 4 is 17.5 Å². The Morgan fingerprint density at radius 3 is 2.33 bits per heavy atom. The molecule has 2 amide bonds. The summed E-state index contributed by atoms with van der Waals surface area (Å²) in [7, 11) is 0. The molecule has 0 radical (unpaired) electrons. The average molecular weight is 320 g/mol. The summed E-state index contributed by atoms with van der Waals surface area (Å²) in [6.45, 7) is 1.78. The van der Waals surface area contributed by atoms with E-state index in [1.807, 2.05) is 30.3 Å². The summed E-state index contributed by atoms with van der Waals surface area (Å²) in [6.07, 6.45) is 0. The number of rotatable bonds is 4. The molecule has 3 aromatic rings. The molecule has 0 aliphatic carbocycles. The predicted molar refractivity (Wildman–Crippen MR) is 91.7 cm³/mol. The van der Waals surface area contributed by atoms with Crippen molar-refractivity contribution in [2.24, 2.45) is 5.73 Å². The molecule has 0 spiro atoms. The number of benzene rings is 2. The number of amides is 2. The molecule has 1 aromatic heterocycles. The van der Waals surface area contributed by atoms with Crippen molar-refractivity contribution in [2.75, 3.05) is 5.32 Å². The first kappa shape index (κ1) is 15.5. The fourth-order valence-corrected chi connectivity index (χ4v) is 2.37. The summed E-state index contributed by atoms with van der Waals surface area (Å²) >= 11 is 0. The summed E-state index contributed by atoms with van der Waals surface area (Å²) in [6, 6.07) is 15.8. The van der Waals surface area contributed by atoms with E-state index in [0.717, 1.165) is 5.56 Å². The van der Waals surface area contributed by atoms with Crippen molar-refractivity contribution in [3.05, 3.63) is 71.7 Å². The van der Waals surface area contributed by atoms with E-state index in [0.29, 0.717) is 28.5 Å². The number of nitrogens with two attached hydrogens (primary N) is 1. The van der Waals surface area contributed by atoms with Gasteiger partial charge in [-0.05, 0) is 31.2 Å². The number of nitrogens with one attached hydrogen (secondary N) is 2. The lowest BCUT2D eigenvalue weighted by Gasteiger charge is -2.06. The van der Waals surface area contributed by atoms with Gasteiger partial charge in [0.15, 0.2) is 0 Å². The Morgan fingerprint density at radius 1 is 1.04 bits per heavy atom. The molecule has 120 valence electrons. The van der Waals surface area contributed by atoms with Gasteiger partial charge in [-0.3, -0.25) is 9.59 Å². The molecular formula is C18H16N4O2. The number of primary amides is 1. The molecule has 0 fully saturated rings. The molecule has 3 rings (SSSR count). The number of anilines is 1. The normalized spacial score (nSPS) is 10.4. The van der Waals surface area contributed by atoms with Gasteiger partial charge in [0, 0.05) is 16.8 Å². The Hall–Kier alpha value is -3.41. The molecule has 0 unspecified atom stereocenters. The van der Waals surface area contributed by atoms with Gasteiger partial charge in [0.05, 0.1) is 0 Å². The number of para-hydroxylation sites is 1. The first-order valence-corrected chi connectivity index (χ1v) is 7.38. The van der Waals surface area contributed by atoms with E-state index < -0.39 is 5.91 Å². The molecule has 24 heavy (non-hydrogen) atoms. The number of hydrogen-bond acceptors (Lipinski definition) is 3. The number of imidazole rings is 1. The van der Waals surface area contributed by atoms with Crippen LogP contribution in [0.1, 0.15) is 26.7 Å². The second kappa shape index (κ2) is 6.37. The molecule has 2 aromatic carbocycles. The van der Waals surface area contributed by atoms with Gasteiger partial charge in [-0.2, -0.15) is 0 Å². The monoisotopic (exact) mass is 320 g/mol. The van der Waals surface area contributed by atoms with Crippen LogP contribution in [0.3, 0.4) is 0 Å². The van der Waals surface area contributed by atoms with Crippen LogP contribution in [-0.4, -0.2) is 21.8 Å². The highest BCUT2D eigenvalue weighted by atomic mass is 16.2. The molecule has 1 heterocycles. The Kier molecular flexibility index (Phi) is 4.11. The molecule has 0 saturated carbocycles. The van der Waals surface area contributed by atoms with Gasteiger partial charge in [-0.25, -0.2) is 4.98 Å². The molecule has 6 heteroatoms. The number of aryl methyl sites for hydroxylation is 1. The molecular weight excluding hydrogens is 304 g/mol. The lowest BCUT2D eigenvalue weighted by atomic mass is 10.1. The number of carbonyl (C=O) groups is 2. The summed E-state index contributed by atoms with van der Waals surface area (Å²) < 4.78 is 0. The van der Waals surface area contributed by atoms with E-state index in [-0.39, 0.29) is 5.91 Å². The zero-order valence-electron chi connectivity index (χ0n) is 13.0. The van der Waals surface area contributed by atoms with Crippen LogP contribution in [0.2, 0.25) is 0 Å². The number of aromatic nitrogens is 2. The quantitative estimate of drug-likeness (QED) is 0.689. The van der Waals surface area contributed by atoms with E-state index in [1.165, 1.54) is 0 Å². The number of H-pyrrole nitrogens is 1. The first-order chi connectivity index (χ1) is 11.5. The summed E-state index contributed by atoms with van der Waals surface area (Å²) in [4.78, 5) is 31.1. The minimum Gasteiger partial charge on any atom is -0.366 e. The molecule has 6 nitrogen and oxygen atoms in total. The Bertz CT molecular complexity index is 883. The fraction of sp³-hybridized carbons (Fsp3) is 0.0556. The van der Waals surface area contributed by atoms with Crippen LogP contribution in [-0.2, 0) is 0 Å². The van der Waals surface area contributed by atoms with Crippen LogP contribution in [0.5, 0.6) is 0 Å². The topological polar surface area (TPSA) is 101 Å². The van der Waals surface area contributed by atoms with Crippen molar-refractivity contribution < 1.29 is 9.59 Å². The summed E-state index contributed by atoms with van der Waals surface area (Å²) in [5, 5.41) is 2.83. The van der Waals surface area contributed by atoms with Crippen LogP contribution in [0, 0.1) is 6.92 Å². The van der Waals surface area contributed by atoms with Crippen LogP contribution < -0.4 is 11.1 Å². The fourth-order valence-electron chi connectivity index (χ4n) is 2.37. The Morgan fingerprint density at radius 2 is 1.71 bits per heavy atom. The van der Waals surface area contributed by atoms with E-state index >= 15 is 0 Å². The largest absolute Gasteiger partial charge is 0.366 e. The highest BCUT2D eigenvalue weighted by Gasteiger charge is 2.18. The number of carbonyl (C=O) groups excluding carboxylic acids is 2. The second-order valence-corrected chi connectivity index (χ2v) is 5.31. The SMILES string of the molecule is Cc1nc(-c2ccc(C(N)=O)cc2)c(C(=O)Nc2ccccc2)[nH]1.